The maximum Gasteiger partial charge on any atom is 0.182 e. The van der Waals surface area contributed by atoms with E-state index < -0.39 is 0 Å². The zero-order valence-electron chi connectivity index (χ0n) is 26.4. The molecule has 1 nitrogen and oxygen atoms in total. The molecular formula is C32H60N+. The maximum atomic E-state index is 2.69. The number of hydrogen-bond donors (Lipinski definition) is 0. The summed E-state index contributed by atoms with van der Waals surface area (Å²) in [4.78, 5) is 0. The van der Waals surface area contributed by atoms with Crippen molar-refractivity contribution in [2.75, 3.05) is 0 Å². The first-order valence-corrected chi connectivity index (χ1v) is 13.2. The molecule has 0 fully saturated rings. The number of rotatable bonds is 5. The lowest BCUT2D eigenvalue weighted by atomic mass is 9.40. The van der Waals surface area contributed by atoms with E-state index in [1.807, 2.05) is 0 Å². The molecule has 0 spiro atoms. The van der Waals surface area contributed by atoms with Gasteiger partial charge in [-0.15, -0.1) is 0 Å². The summed E-state index contributed by atoms with van der Waals surface area (Å²) in [7, 11) is 0. The highest BCUT2D eigenvalue weighted by Crippen LogP contribution is 2.66. The van der Waals surface area contributed by atoms with Crippen molar-refractivity contribution in [1.29, 1.82) is 0 Å². The van der Waals surface area contributed by atoms with Gasteiger partial charge in [-0.1, -0.05) is 96.9 Å². The first-order chi connectivity index (χ1) is 14.1. The van der Waals surface area contributed by atoms with Gasteiger partial charge in [0.05, 0.1) is 0 Å². The summed E-state index contributed by atoms with van der Waals surface area (Å²) in [6.45, 7) is 48.7. The van der Waals surface area contributed by atoms with E-state index in [0.29, 0.717) is 0 Å². The van der Waals surface area contributed by atoms with Gasteiger partial charge in [0.15, 0.2) is 16.9 Å². The Bertz CT molecular complexity index is 890. The largest absolute Gasteiger partial charge is 0.194 e. The Morgan fingerprint density at radius 3 is 1.12 bits per heavy atom. The molecule has 0 amide bonds. The number of pyridine rings is 1. The van der Waals surface area contributed by atoms with Crippen molar-refractivity contribution in [2.45, 2.75) is 149 Å². The van der Waals surface area contributed by atoms with Crippen LogP contribution in [0.15, 0.2) is 0 Å². The fourth-order valence-electron chi connectivity index (χ4n) is 6.75. The molecule has 0 aliphatic carbocycles. The number of hydrogen-bond acceptors (Lipinski definition) is 0. The molecule has 0 saturated heterocycles. The Morgan fingerprint density at radius 2 is 0.788 bits per heavy atom. The van der Waals surface area contributed by atoms with Gasteiger partial charge in [0.2, 0.25) is 0 Å². The first-order valence-electron chi connectivity index (χ1n) is 13.2. The van der Waals surface area contributed by atoms with E-state index in [9.17, 15) is 0 Å². The van der Waals surface area contributed by atoms with E-state index >= 15 is 0 Å². The quantitative estimate of drug-likeness (QED) is 0.387. The fourth-order valence-corrected chi connectivity index (χ4v) is 6.75. The summed E-state index contributed by atoms with van der Waals surface area (Å²) >= 11 is 0. The van der Waals surface area contributed by atoms with Crippen molar-refractivity contribution in [3.8, 4) is 0 Å². The van der Waals surface area contributed by atoms with Crippen molar-refractivity contribution < 1.29 is 4.57 Å². The molecule has 0 N–H and O–H groups in total. The minimum atomic E-state index is -0.0889. The standard InChI is InChI=1S/C32H60N/c1-21-22(2)25(26(5,6)7)24(4)33(23(21)3)32(19,20)31(17,18)30(15,16)29(13,14)28(11,12)27(8,9)10/h1-20H3/q+1. The zero-order chi connectivity index (χ0) is 27.0. The lowest BCUT2D eigenvalue weighted by molar-refractivity contribution is -0.786. The van der Waals surface area contributed by atoms with Crippen molar-refractivity contribution in [3.05, 3.63) is 28.1 Å². The molecule has 1 aromatic heterocycles. The molecule has 0 aromatic carbocycles. The first kappa shape index (κ1) is 30.2. The van der Waals surface area contributed by atoms with E-state index in [0.717, 1.165) is 0 Å². The molecule has 192 valence electrons. The Balaban J connectivity index is 4.02. The van der Waals surface area contributed by atoms with Crippen LogP contribution in [0.1, 0.15) is 139 Å². The van der Waals surface area contributed by atoms with Crippen molar-refractivity contribution in [1.82, 2.24) is 0 Å². The number of nitrogens with zero attached hydrogens (tertiary/aromatic N) is 1. The zero-order valence-corrected chi connectivity index (χ0v) is 26.4. The summed E-state index contributed by atoms with van der Waals surface area (Å²) in [6, 6.07) is 0. The third-order valence-electron chi connectivity index (χ3n) is 11.9. The van der Waals surface area contributed by atoms with Gasteiger partial charge in [-0.05, 0) is 46.5 Å². The molecular weight excluding hydrogens is 398 g/mol. The molecule has 33 heavy (non-hydrogen) atoms. The van der Waals surface area contributed by atoms with Gasteiger partial charge in [-0.3, -0.25) is 0 Å². The van der Waals surface area contributed by atoms with Crippen molar-refractivity contribution >= 4 is 0 Å². The summed E-state index contributed by atoms with van der Waals surface area (Å²) in [5.41, 5.74) is 7.72. The predicted molar refractivity (Wildman–Crippen MR) is 148 cm³/mol. The van der Waals surface area contributed by atoms with Crippen LogP contribution < -0.4 is 4.57 Å². The van der Waals surface area contributed by atoms with Gasteiger partial charge in [0, 0.05) is 44.2 Å². The van der Waals surface area contributed by atoms with Crippen molar-refractivity contribution in [3.63, 3.8) is 0 Å². The van der Waals surface area contributed by atoms with Gasteiger partial charge in [0.1, 0.15) is 0 Å². The number of aromatic nitrogens is 1. The molecule has 0 radical (unpaired) electrons. The molecule has 1 heteroatoms. The second-order valence-electron chi connectivity index (χ2n) is 15.7. The Kier molecular flexibility index (Phi) is 7.40. The average molecular weight is 459 g/mol. The van der Waals surface area contributed by atoms with Gasteiger partial charge >= 0.3 is 0 Å². The molecule has 0 bridgehead atoms. The van der Waals surface area contributed by atoms with Crippen LogP contribution in [0.3, 0.4) is 0 Å². The van der Waals surface area contributed by atoms with E-state index in [1.54, 1.807) is 0 Å². The van der Waals surface area contributed by atoms with Gasteiger partial charge < -0.3 is 0 Å². The minimum absolute atomic E-state index is 0.00303. The third-order valence-corrected chi connectivity index (χ3v) is 11.9. The van der Waals surface area contributed by atoms with Crippen LogP contribution in [0, 0.1) is 54.8 Å². The molecule has 0 unspecified atom stereocenters. The summed E-state index contributed by atoms with van der Waals surface area (Å²) < 4.78 is 2.69. The second kappa shape index (κ2) is 8.09. The van der Waals surface area contributed by atoms with E-state index in [1.165, 1.54) is 28.1 Å². The van der Waals surface area contributed by atoms with E-state index in [-0.39, 0.29) is 38.0 Å². The van der Waals surface area contributed by atoms with Gasteiger partial charge in [0.25, 0.3) is 0 Å². The lowest BCUT2D eigenvalue weighted by Gasteiger charge is -2.64. The molecule has 0 aliphatic heterocycles. The Hall–Kier alpha value is -0.850. The topological polar surface area (TPSA) is 3.88 Å². The van der Waals surface area contributed by atoms with Crippen LogP contribution in [-0.4, -0.2) is 0 Å². The van der Waals surface area contributed by atoms with Crippen LogP contribution in [0.2, 0.25) is 0 Å². The molecule has 0 aliphatic rings. The SMILES string of the molecule is Cc1c(C)c(C)[n+](C(C)(C)C(C)(C)C(C)(C)C(C)(C)C(C)(C)C(C)(C)C)c(C)c1C(C)(C)C. The molecule has 0 saturated carbocycles. The van der Waals surface area contributed by atoms with Crippen LogP contribution >= 0.6 is 0 Å². The van der Waals surface area contributed by atoms with E-state index in [2.05, 4.69) is 143 Å². The second-order valence-corrected chi connectivity index (χ2v) is 15.7. The fraction of sp³-hybridized carbons (Fsp3) is 0.844. The molecule has 1 rings (SSSR count). The Morgan fingerprint density at radius 1 is 0.424 bits per heavy atom. The predicted octanol–water partition coefficient (Wildman–Crippen LogP) is 9.39. The molecule has 1 aromatic rings. The highest BCUT2D eigenvalue weighted by molar-refractivity contribution is 5.39. The van der Waals surface area contributed by atoms with Gasteiger partial charge in [-0.2, -0.15) is 4.57 Å². The summed E-state index contributed by atoms with van der Waals surface area (Å²) in [6.07, 6.45) is 0. The highest BCUT2D eigenvalue weighted by Gasteiger charge is 2.64. The monoisotopic (exact) mass is 458 g/mol. The van der Waals surface area contributed by atoms with E-state index in [4.69, 9.17) is 0 Å². The van der Waals surface area contributed by atoms with Crippen LogP contribution in [-0.2, 0) is 11.0 Å². The van der Waals surface area contributed by atoms with Crippen molar-refractivity contribution in [2.24, 2.45) is 27.1 Å². The smallest absolute Gasteiger partial charge is 0.182 e. The van der Waals surface area contributed by atoms with Crippen LogP contribution in [0.4, 0.5) is 0 Å². The normalized spacial score (nSPS) is 15.3. The third kappa shape index (κ3) is 4.12. The lowest BCUT2D eigenvalue weighted by Crippen LogP contribution is -2.70. The van der Waals surface area contributed by atoms with Gasteiger partial charge in [-0.25, -0.2) is 0 Å². The summed E-state index contributed by atoms with van der Waals surface area (Å²) in [5, 5.41) is 0. The van der Waals surface area contributed by atoms with Crippen LogP contribution in [0.25, 0.3) is 0 Å². The molecule has 0 atom stereocenters. The highest BCUT2D eigenvalue weighted by atomic mass is 15.1. The summed E-state index contributed by atoms with van der Waals surface area (Å²) in [5.74, 6) is 0. The van der Waals surface area contributed by atoms with Crippen LogP contribution in [0.5, 0.6) is 0 Å². The minimum Gasteiger partial charge on any atom is -0.194 e. The average Bonchev–Trinajstić information content (AvgIpc) is 2.56. The molecule has 1 heterocycles. The maximum absolute atomic E-state index is 2.69. The Labute approximate surface area is 209 Å².